The molecule has 0 amide bonds. The van der Waals surface area contributed by atoms with E-state index in [1.807, 2.05) is 24.3 Å². The van der Waals surface area contributed by atoms with Crippen LogP contribution in [0.15, 0.2) is 53.5 Å². The number of aromatic nitrogens is 1. The third kappa shape index (κ3) is 3.39. The van der Waals surface area contributed by atoms with E-state index in [0.717, 1.165) is 41.3 Å². The van der Waals surface area contributed by atoms with E-state index in [9.17, 15) is 4.79 Å². The van der Waals surface area contributed by atoms with E-state index < -0.39 is 0 Å². The maximum Gasteiger partial charge on any atom is 0.217 e. The van der Waals surface area contributed by atoms with Crippen LogP contribution in [0.5, 0.6) is 0 Å². The maximum absolute atomic E-state index is 11.7. The number of carbonyl (C=O) groups is 1. The summed E-state index contributed by atoms with van der Waals surface area (Å²) in [5.74, 6) is 0.697. The number of hydrogen-bond acceptors (Lipinski definition) is 3. The van der Waals surface area contributed by atoms with Crippen LogP contribution in [0, 0.1) is 6.92 Å². The summed E-state index contributed by atoms with van der Waals surface area (Å²) in [4.78, 5) is 16.4. The Balaban J connectivity index is 1.76. The van der Waals surface area contributed by atoms with Crippen molar-refractivity contribution >= 4 is 23.1 Å². The summed E-state index contributed by atoms with van der Waals surface area (Å²) in [5, 5.41) is 1.07. The number of aliphatic imine (C=N–C) groups is 1. The van der Waals surface area contributed by atoms with Crippen LogP contribution in [0.3, 0.4) is 0 Å². The van der Waals surface area contributed by atoms with Gasteiger partial charge in [0, 0.05) is 23.0 Å². The lowest BCUT2D eigenvalue weighted by Crippen LogP contribution is -2.17. The molecule has 3 aromatic rings. The van der Waals surface area contributed by atoms with Crippen LogP contribution in [-0.2, 0) is 17.7 Å². The minimum Gasteiger partial charge on any atom is -0.475 e. The summed E-state index contributed by atoms with van der Waals surface area (Å²) >= 11 is 0. The van der Waals surface area contributed by atoms with E-state index in [1.54, 1.807) is 0 Å². The van der Waals surface area contributed by atoms with Gasteiger partial charge in [0.15, 0.2) is 6.29 Å². The van der Waals surface area contributed by atoms with Gasteiger partial charge >= 0.3 is 0 Å². The van der Waals surface area contributed by atoms with Crippen molar-refractivity contribution in [2.75, 3.05) is 6.61 Å². The number of nitrogens with zero attached hydrogens (tertiary/aromatic N) is 2. The average Bonchev–Trinajstić information content (AvgIpc) is 3.18. The average molecular weight is 360 g/mol. The monoisotopic (exact) mass is 360 g/mol. The normalized spacial score (nSPS) is 15.6. The summed E-state index contributed by atoms with van der Waals surface area (Å²) in [6.45, 7) is 7.55. The first-order valence-electron chi connectivity index (χ1n) is 9.33. The van der Waals surface area contributed by atoms with Gasteiger partial charge in [-0.1, -0.05) is 30.3 Å². The molecule has 2 heterocycles. The molecule has 0 spiro atoms. The highest BCUT2D eigenvalue weighted by Gasteiger charge is 2.28. The number of carbonyl (C=O) groups excluding carboxylic acids is 1. The second-order valence-corrected chi connectivity index (χ2v) is 7.82. The first-order valence-corrected chi connectivity index (χ1v) is 9.33. The molecule has 1 aliphatic rings. The van der Waals surface area contributed by atoms with Crippen molar-refractivity contribution in [1.29, 1.82) is 0 Å². The number of rotatable bonds is 5. The third-order valence-corrected chi connectivity index (χ3v) is 5.06. The summed E-state index contributed by atoms with van der Waals surface area (Å²) in [6, 6.07) is 16.5. The zero-order valence-corrected chi connectivity index (χ0v) is 16.0. The van der Waals surface area contributed by atoms with Gasteiger partial charge in [-0.3, -0.25) is 4.79 Å². The molecule has 0 bridgehead atoms. The molecule has 1 aliphatic heterocycles. The minimum atomic E-state index is -0.194. The van der Waals surface area contributed by atoms with Gasteiger partial charge in [-0.2, -0.15) is 0 Å². The van der Waals surface area contributed by atoms with Crippen molar-refractivity contribution in [2.45, 2.75) is 39.3 Å². The molecule has 0 fully saturated rings. The van der Waals surface area contributed by atoms with Gasteiger partial charge in [0.2, 0.25) is 5.90 Å². The molecule has 0 saturated carbocycles. The maximum atomic E-state index is 11.7. The quantitative estimate of drug-likeness (QED) is 0.626. The lowest BCUT2D eigenvalue weighted by molar-refractivity contribution is 0.111. The standard InChI is InChI=1S/C23H24N2O2/c1-16-11-18-12-19(14-26)25(10-9-17-7-5-4-6-8-17)21(18)13-20(16)22-24-23(2,3)15-27-22/h4-8,11-14H,9-10,15H2,1-3H3. The SMILES string of the molecule is Cc1cc2cc(C=O)n(CCc3ccccc3)c2cc1C1=NC(C)(C)CO1. The molecular weight excluding hydrogens is 336 g/mol. The highest BCUT2D eigenvalue weighted by atomic mass is 16.5. The lowest BCUT2D eigenvalue weighted by atomic mass is 10.1. The molecule has 0 aliphatic carbocycles. The van der Waals surface area contributed by atoms with Gasteiger partial charge in [-0.25, -0.2) is 4.99 Å². The first kappa shape index (κ1) is 17.5. The largest absolute Gasteiger partial charge is 0.475 e. The summed E-state index contributed by atoms with van der Waals surface area (Å²) in [7, 11) is 0. The van der Waals surface area contributed by atoms with Gasteiger partial charge in [0.25, 0.3) is 0 Å². The van der Waals surface area contributed by atoms with Crippen molar-refractivity contribution in [2.24, 2.45) is 4.99 Å². The molecule has 0 unspecified atom stereocenters. The smallest absolute Gasteiger partial charge is 0.217 e. The molecule has 4 heteroatoms. The van der Waals surface area contributed by atoms with Crippen LogP contribution in [0.4, 0.5) is 0 Å². The summed E-state index contributed by atoms with van der Waals surface area (Å²) in [6.07, 6.45) is 1.81. The fourth-order valence-electron chi connectivity index (χ4n) is 3.63. The Hall–Kier alpha value is -2.88. The molecule has 1 aromatic heterocycles. The Morgan fingerprint density at radius 1 is 1.19 bits per heavy atom. The van der Waals surface area contributed by atoms with Crippen molar-refractivity contribution < 1.29 is 9.53 Å². The zero-order chi connectivity index (χ0) is 19.0. The van der Waals surface area contributed by atoms with E-state index in [1.165, 1.54) is 5.56 Å². The Morgan fingerprint density at radius 3 is 2.63 bits per heavy atom. The minimum absolute atomic E-state index is 0.194. The predicted molar refractivity (Wildman–Crippen MR) is 109 cm³/mol. The molecule has 138 valence electrons. The molecule has 2 aromatic carbocycles. The molecule has 0 N–H and O–H groups in total. The zero-order valence-electron chi connectivity index (χ0n) is 16.0. The Labute approximate surface area is 159 Å². The molecule has 4 nitrogen and oxygen atoms in total. The van der Waals surface area contributed by atoms with Crippen LogP contribution in [0.2, 0.25) is 0 Å². The highest BCUT2D eigenvalue weighted by Crippen LogP contribution is 2.28. The van der Waals surface area contributed by atoms with Gasteiger partial charge in [-0.15, -0.1) is 0 Å². The van der Waals surface area contributed by atoms with E-state index in [-0.39, 0.29) is 5.54 Å². The number of benzene rings is 2. The fraction of sp³-hybridized carbons (Fsp3) is 0.304. The van der Waals surface area contributed by atoms with Crippen LogP contribution < -0.4 is 0 Å². The number of fused-ring (bicyclic) bond motifs is 1. The Morgan fingerprint density at radius 2 is 1.96 bits per heavy atom. The second-order valence-electron chi connectivity index (χ2n) is 7.82. The van der Waals surface area contributed by atoms with E-state index in [4.69, 9.17) is 9.73 Å². The number of hydrogen-bond donors (Lipinski definition) is 0. The Kier molecular flexibility index (Phi) is 4.34. The number of aryl methyl sites for hydroxylation is 3. The van der Waals surface area contributed by atoms with Gasteiger partial charge < -0.3 is 9.30 Å². The molecule has 0 atom stereocenters. The van der Waals surface area contributed by atoms with Crippen LogP contribution in [-0.4, -0.2) is 28.9 Å². The van der Waals surface area contributed by atoms with Crippen LogP contribution in [0.1, 0.15) is 41.0 Å². The number of ether oxygens (including phenoxy) is 1. The van der Waals surface area contributed by atoms with Crippen LogP contribution >= 0.6 is 0 Å². The first-order chi connectivity index (χ1) is 13.0. The lowest BCUT2D eigenvalue weighted by Gasteiger charge is -2.11. The van der Waals surface area contributed by atoms with E-state index in [0.29, 0.717) is 18.2 Å². The molecule has 0 radical (unpaired) electrons. The number of aldehydes is 1. The fourth-order valence-corrected chi connectivity index (χ4v) is 3.63. The predicted octanol–water partition coefficient (Wildman–Crippen LogP) is 4.56. The highest BCUT2D eigenvalue weighted by molar-refractivity contribution is 6.01. The third-order valence-electron chi connectivity index (χ3n) is 5.06. The van der Waals surface area contributed by atoms with E-state index >= 15 is 0 Å². The van der Waals surface area contributed by atoms with Gasteiger partial charge in [0.05, 0.1) is 11.2 Å². The van der Waals surface area contributed by atoms with Crippen molar-refractivity contribution in [3.63, 3.8) is 0 Å². The van der Waals surface area contributed by atoms with Gasteiger partial charge in [0.1, 0.15) is 6.61 Å². The summed E-state index contributed by atoms with van der Waals surface area (Å²) in [5.41, 5.74) is 4.92. The topological polar surface area (TPSA) is 43.6 Å². The van der Waals surface area contributed by atoms with Crippen molar-refractivity contribution in [3.8, 4) is 0 Å². The van der Waals surface area contributed by atoms with Crippen molar-refractivity contribution in [1.82, 2.24) is 4.57 Å². The van der Waals surface area contributed by atoms with Crippen LogP contribution in [0.25, 0.3) is 10.9 Å². The second kappa shape index (κ2) is 6.69. The summed E-state index contributed by atoms with van der Waals surface area (Å²) < 4.78 is 7.95. The molecular formula is C23H24N2O2. The van der Waals surface area contributed by atoms with Gasteiger partial charge in [-0.05, 0) is 56.5 Å². The molecule has 27 heavy (non-hydrogen) atoms. The van der Waals surface area contributed by atoms with Crippen molar-refractivity contribution in [3.05, 3.63) is 70.9 Å². The molecule has 0 saturated heterocycles. The Bertz CT molecular complexity index is 1030. The molecule has 4 rings (SSSR count). The van der Waals surface area contributed by atoms with E-state index in [2.05, 4.69) is 49.6 Å².